The molecule has 0 aromatic heterocycles. The second-order valence-corrected chi connectivity index (χ2v) is 19.4. The van der Waals surface area contributed by atoms with E-state index in [9.17, 15) is 25.2 Å². The van der Waals surface area contributed by atoms with E-state index in [4.69, 9.17) is 18.9 Å². The molecule has 64 heavy (non-hydrogen) atoms. The van der Waals surface area contributed by atoms with Gasteiger partial charge in [-0.15, -0.1) is 0 Å². The van der Waals surface area contributed by atoms with Gasteiger partial charge in [-0.3, -0.25) is 4.79 Å². The Morgan fingerprint density at radius 1 is 0.484 bits per heavy atom. The molecule has 0 amide bonds. The van der Waals surface area contributed by atoms with Crippen molar-refractivity contribution in [3.05, 3.63) is 12.2 Å². The molecule has 9 heteroatoms. The Bertz CT molecular complexity index is 993. The highest BCUT2D eigenvalue weighted by molar-refractivity contribution is 5.69. The molecule has 1 rings (SSSR count). The fraction of sp³-hybridized carbons (Fsp3) is 0.945. The topological polar surface area (TPSA) is 135 Å². The van der Waals surface area contributed by atoms with Crippen molar-refractivity contribution in [3.8, 4) is 0 Å². The Kier molecular flexibility index (Phi) is 44.8. The summed E-state index contributed by atoms with van der Waals surface area (Å²) in [6, 6.07) is 0. The van der Waals surface area contributed by atoms with Gasteiger partial charge in [0.25, 0.3) is 0 Å². The third kappa shape index (κ3) is 37.0. The van der Waals surface area contributed by atoms with Crippen LogP contribution in [-0.4, -0.2) is 89.6 Å². The van der Waals surface area contributed by atoms with Crippen LogP contribution in [0.4, 0.5) is 0 Å². The Morgan fingerprint density at radius 2 is 0.859 bits per heavy atom. The molecular formula is C55H106O9. The number of rotatable bonds is 49. The van der Waals surface area contributed by atoms with Gasteiger partial charge in [0.05, 0.1) is 19.8 Å². The zero-order valence-corrected chi connectivity index (χ0v) is 42.1. The van der Waals surface area contributed by atoms with Gasteiger partial charge in [0.2, 0.25) is 0 Å². The van der Waals surface area contributed by atoms with Gasteiger partial charge in [0, 0.05) is 13.0 Å². The highest BCUT2D eigenvalue weighted by atomic mass is 16.7. The zero-order chi connectivity index (χ0) is 46.4. The van der Waals surface area contributed by atoms with Crippen LogP contribution in [0.1, 0.15) is 271 Å². The van der Waals surface area contributed by atoms with E-state index in [2.05, 4.69) is 26.0 Å². The summed E-state index contributed by atoms with van der Waals surface area (Å²) in [5.41, 5.74) is 0. The molecule has 6 unspecified atom stereocenters. The molecule has 1 aliphatic rings. The standard InChI is InChI=1S/C55H106O9/c1-3-5-7-9-11-13-15-17-19-21-23-24-25-26-27-28-30-32-34-36-38-40-42-44-51(57)63-49(48-62-55-54(60)53(59)52(58)50(46-56)64-55)47-61-45-43-41-39-37-35-33-31-29-22-20-18-16-14-12-10-8-6-4-2/h21,23,49-50,52-56,58-60H,3-20,22,24-48H2,1-2H3/b23-21-. The summed E-state index contributed by atoms with van der Waals surface area (Å²) in [5.74, 6) is -0.307. The number of carbonyl (C=O) groups excluding carboxylic acids is 1. The molecule has 0 saturated carbocycles. The van der Waals surface area contributed by atoms with E-state index in [1.165, 1.54) is 218 Å². The van der Waals surface area contributed by atoms with Crippen molar-refractivity contribution in [1.29, 1.82) is 0 Å². The number of esters is 1. The fourth-order valence-corrected chi connectivity index (χ4v) is 8.84. The number of allylic oxidation sites excluding steroid dienone is 2. The van der Waals surface area contributed by atoms with E-state index >= 15 is 0 Å². The highest BCUT2D eigenvalue weighted by Gasteiger charge is 2.44. The largest absolute Gasteiger partial charge is 0.457 e. The molecule has 0 radical (unpaired) electrons. The third-order valence-corrected chi connectivity index (χ3v) is 13.2. The summed E-state index contributed by atoms with van der Waals surface area (Å²) in [6.45, 7) is 4.62. The number of unbranched alkanes of at least 4 members (excludes halogenated alkanes) is 36. The Morgan fingerprint density at radius 3 is 1.27 bits per heavy atom. The number of ether oxygens (including phenoxy) is 4. The Hall–Kier alpha value is -1.07. The van der Waals surface area contributed by atoms with Crippen LogP contribution >= 0.6 is 0 Å². The minimum Gasteiger partial charge on any atom is -0.457 e. The lowest BCUT2D eigenvalue weighted by atomic mass is 9.99. The summed E-state index contributed by atoms with van der Waals surface area (Å²) < 4.78 is 23.0. The highest BCUT2D eigenvalue weighted by Crippen LogP contribution is 2.23. The lowest BCUT2D eigenvalue weighted by molar-refractivity contribution is -0.305. The molecule has 0 bridgehead atoms. The first kappa shape index (κ1) is 60.9. The molecule has 380 valence electrons. The lowest BCUT2D eigenvalue weighted by Gasteiger charge is -2.39. The Labute approximate surface area is 395 Å². The average Bonchev–Trinajstić information content (AvgIpc) is 3.30. The molecule has 1 heterocycles. The van der Waals surface area contributed by atoms with Gasteiger partial charge in [-0.2, -0.15) is 0 Å². The van der Waals surface area contributed by atoms with Crippen molar-refractivity contribution in [1.82, 2.24) is 0 Å². The van der Waals surface area contributed by atoms with E-state index in [0.717, 1.165) is 32.1 Å². The first-order valence-corrected chi connectivity index (χ1v) is 27.8. The lowest BCUT2D eigenvalue weighted by Crippen LogP contribution is -2.59. The molecule has 0 aromatic carbocycles. The summed E-state index contributed by atoms with van der Waals surface area (Å²) in [4.78, 5) is 12.9. The SMILES string of the molecule is CCCCCCCCCC/C=C\CCCCCCCCCCCCCC(=O)OC(COCCCCCCCCCCCCCCCCCCCC)COC1OC(CO)C(O)C(O)C1O. The van der Waals surface area contributed by atoms with E-state index in [1.807, 2.05) is 0 Å². The van der Waals surface area contributed by atoms with Crippen LogP contribution in [0.15, 0.2) is 12.2 Å². The van der Waals surface area contributed by atoms with Crippen LogP contribution in [0.5, 0.6) is 0 Å². The molecule has 0 spiro atoms. The van der Waals surface area contributed by atoms with E-state index in [0.29, 0.717) is 13.0 Å². The number of hydrogen-bond donors (Lipinski definition) is 4. The maximum absolute atomic E-state index is 12.9. The van der Waals surface area contributed by atoms with E-state index in [-0.39, 0.29) is 19.2 Å². The smallest absolute Gasteiger partial charge is 0.306 e. The summed E-state index contributed by atoms with van der Waals surface area (Å²) in [7, 11) is 0. The van der Waals surface area contributed by atoms with Gasteiger partial charge < -0.3 is 39.4 Å². The van der Waals surface area contributed by atoms with Crippen LogP contribution in [0.2, 0.25) is 0 Å². The van der Waals surface area contributed by atoms with Crippen molar-refractivity contribution in [2.24, 2.45) is 0 Å². The molecule has 1 fully saturated rings. The second-order valence-electron chi connectivity index (χ2n) is 19.4. The number of carbonyl (C=O) groups is 1. The summed E-state index contributed by atoms with van der Waals surface area (Å²) in [5, 5.41) is 40.3. The molecule has 4 N–H and O–H groups in total. The van der Waals surface area contributed by atoms with Crippen molar-refractivity contribution in [2.45, 2.75) is 307 Å². The predicted octanol–water partition coefficient (Wildman–Crippen LogP) is 13.9. The molecule has 1 saturated heterocycles. The minimum absolute atomic E-state index is 0.107. The van der Waals surface area contributed by atoms with Crippen LogP contribution in [0.3, 0.4) is 0 Å². The van der Waals surface area contributed by atoms with Crippen LogP contribution in [0, 0.1) is 0 Å². The first-order chi connectivity index (χ1) is 31.4. The first-order valence-electron chi connectivity index (χ1n) is 27.8. The van der Waals surface area contributed by atoms with E-state index in [1.54, 1.807) is 0 Å². The van der Waals surface area contributed by atoms with Gasteiger partial charge in [-0.05, 0) is 38.5 Å². The van der Waals surface area contributed by atoms with Crippen LogP contribution in [0.25, 0.3) is 0 Å². The maximum atomic E-state index is 12.9. The van der Waals surface area contributed by atoms with Gasteiger partial charge in [-0.1, -0.05) is 238 Å². The number of hydrogen-bond acceptors (Lipinski definition) is 9. The molecular weight excluding hydrogens is 805 g/mol. The second kappa shape index (κ2) is 47.0. The number of aliphatic hydroxyl groups is 4. The van der Waals surface area contributed by atoms with Gasteiger partial charge in [-0.25, -0.2) is 0 Å². The quantitative estimate of drug-likeness (QED) is 0.0267. The normalized spacial score (nSPS) is 19.5. The van der Waals surface area contributed by atoms with Gasteiger partial charge >= 0.3 is 5.97 Å². The average molecular weight is 911 g/mol. The zero-order valence-electron chi connectivity index (χ0n) is 42.1. The minimum atomic E-state index is -1.53. The van der Waals surface area contributed by atoms with Crippen molar-refractivity contribution < 1.29 is 44.2 Å². The van der Waals surface area contributed by atoms with E-state index < -0.39 is 43.4 Å². The molecule has 0 aliphatic carbocycles. The van der Waals surface area contributed by atoms with Crippen molar-refractivity contribution in [3.63, 3.8) is 0 Å². The van der Waals surface area contributed by atoms with Gasteiger partial charge in [0.1, 0.15) is 30.5 Å². The predicted molar refractivity (Wildman–Crippen MR) is 266 cm³/mol. The van der Waals surface area contributed by atoms with Crippen LogP contribution in [-0.2, 0) is 23.7 Å². The Balaban J connectivity index is 2.15. The molecule has 0 aromatic rings. The van der Waals surface area contributed by atoms with Gasteiger partial charge in [0.15, 0.2) is 6.29 Å². The molecule has 1 aliphatic heterocycles. The van der Waals surface area contributed by atoms with Crippen LogP contribution < -0.4 is 0 Å². The number of aliphatic hydroxyl groups excluding tert-OH is 4. The summed E-state index contributed by atoms with van der Waals surface area (Å²) in [6.07, 6.45) is 48.2. The monoisotopic (exact) mass is 911 g/mol. The molecule has 6 atom stereocenters. The summed E-state index contributed by atoms with van der Waals surface area (Å²) >= 11 is 0. The van der Waals surface area contributed by atoms with Crippen molar-refractivity contribution in [2.75, 3.05) is 26.4 Å². The third-order valence-electron chi connectivity index (χ3n) is 13.2. The van der Waals surface area contributed by atoms with Crippen molar-refractivity contribution >= 4 is 5.97 Å². The maximum Gasteiger partial charge on any atom is 0.306 e. The fourth-order valence-electron chi connectivity index (χ4n) is 8.84. The molecule has 9 nitrogen and oxygen atoms in total.